The number of hydrogen-bond acceptors (Lipinski definition) is 5. The zero-order valence-electron chi connectivity index (χ0n) is 10.7. The molecule has 0 aromatic carbocycles. The molecule has 0 spiro atoms. The Morgan fingerprint density at radius 1 is 1.37 bits per heavy atom. The van der Waals surface area contributed by atoms with Crippen LogP contribution in [0, 0.1) is 5.92 Å². The maximum absolute atomic E-state index is 12.1. The summed E-state index contributed by atoms with van der Waals surface area (Å²) in [6.45, 7) is 2.88. The molecule has 0 saturated carbocycles. The molecule has 2 fully saturated rings. The molecule has 3 heterocycles. The minimum atomic E-state index is 0. The second-order valence-corrected chi connectivity index (χ2v) is 5.73. The van der Waals surface area contributed by atoms with Crippen molar-refractivity contribution in [3.05, 3.63) is 11.1 Å². The van der Waals surface area contributed by atoms with Crippen LogP contribution in [-0.4, -0.2) is 46.1 Å². The Morgan fingerprint density at radius 3 is 2.74 bits per heavy atom. The molecule has 1 aromatic heterocycles. The second kappa shape index (κ2) is 6.63. The zero-order chi connectivity index (χ0) is 12.4. The summed E-state index contributed by atoms with van der Waals surface area (Å²) in [6.07, 6.45) is 4.82. The molecule has 1 unspecified atom stereocenters. The van der Waals surface area contributed by atoms with Crippen molar-refractivity contribution in [2.45, 2.75) is 31.7 Å². The molecule has 7 heteroatoms. The van der Waals surface area contributed by atoms with Crippen molar-refractivity contribution in [2.24, 2.45) is 5.92 Å². The van der Waals surface area contributed by atoms with Crippen molar-refractivity contribution in [3.63, 3.8) is 0 Å². The summed E-state index contributed by atoms with van der Waals surface area (Å²) in [4.78, 5) is 14.0. The van der Waals surface area contributed by atoms with Gasteiger partial charge in [-0.25, -0.2) is 0 Å². The van der Waals surface area contributed by atoms with Crippen LogP contribution in [0.4, 0.5) is 0 Å². The first-order chi connectivity index (χ1) is 8.84. The molecule has 0 bridgehead atoms. The van der Waals surface area contributed by atoms with Gasteiger partial charge in [0, 0.05) is 24.5 Å². The fourth-order valence-corrected chi connectivity index (χ4v) is 3.47. The first-order valence-corrected chi connectivity index (χ1v) is 7.48. The van der Waals surface area contributed by atoms with Gasteiger partial charge in [0.15, 0.2) is 5.69 Å². The lowest BCUT2D eigenvalue weighted by Crippen LogP contribution is -2.43. The molecule has 19 heavy (non-hydrogen) atoms. The minimum absolute atomic E-state index is 0. The van der Waals surface area contributed by atoms with E-state index in [1.165, 1.54) is 24.4 Å². The first-order valence-electron chi connectivity index (χ1n) is 6.64. The van der Waals surface area contributed by atoms with Gasteiger partial charge >= 0.3 is 0 Å². The molecule has 1 atom stereocenters. The van der Waals surface area contributed by atoms with Crippen molar-refractivity contribution < 1.29 is 4.79 Å². The number of likely N-dealkylation sites (tertiary alicyclic amines) is 1. The predicted octanol–water partition coefficient (Wildman–Crippen LogP) is 1.56. The summed E-state index contributed by atoms with van der Waals surface area (Å²) in [6, 6.07) is 0.684. The van der Waals surface area contributed by atoms with E-state index >= 15 is 0 Å². The molecule has 5 nitrogen and oxygen atoms in total. The number of amides is 1. The molecule has 106 valence electrons. The lowest BCUT2D eigenvalue weighted by Gasteiger charge is -2.34. The zero-order valence-corrected chi connectivity index (χ0v) is 12.4. The number of rotatable bonds is 2. The maximum atomic E-state index is 12.1. The number of nitrogens with zero attached hydrogens (tertiary/aromatic N) is 3. The van der Waals surface area contributed by atoms with E-state index in [2.05, 4.69) is 14.9 Å². The van der Waals surface area contributed by atoms with Gasteiger partial charge in [-0.15, -0.1) is 17.5 Å². The Labute approximate surface area is 123 Å². The molecular weight excluding hydrogens is 284 g/mol. The summed E-state index contributed by atoms with van der Waals surface area (Å²) in [5.41, 5.74) is 0.498. The van der Waals surface area contributed by atoms with Crippen LogP contribution in [0.2, 0.25) is 0 Å². The molecule has 1 amide bonds. The third-order valence-corrected chi connectivity index (χ3v) is 4.58. The van der Waals surface area contributed by atoms with Gasteiger partial charge in [-0.3, -0.25) is 4.79 Å². The van der Waals surface area contributed by atoms with Crippen molar-refractivity contribution in [2.75, 3.05) is 19.6 Å². The van der Waals surface area contributed by atoms with Crippen LogP contribution in [0.1, 0.15) is 36.2 Å². The van der Waals surface area contributed by atoms with Gasteiger partial charge in [-0.1, -0.05) is 4.49 Å². The molecule has 2 saturated heterocycles. The van der Waals surface area contributed by atoms with Crippen molar-refractivity contribution in [3.8, 4) is 0 Å². The third kappa shape index (κ3) is 3.24. The third-order valence-electron chi connectivity index (χ3n) is 4.07. The highest BCUT2D eigenvalue weighted by Crippen LogP contribution is 2.26. The van der Waals surface area contributed by atoms with Crippen molar-refractivity contribution in [1.29, 1.82) is 0 Å². The van der Waals surface area contributed by atoms with Gasteiger partial charge in [0.25, 0.3) is 5.91 Å². The van der Waals surface area contributed by atoms with Crippen LogP contribution in [0.25, 0.3) is 0 Å². The second-order valence-electron chi connectivity index (χ2n) is 5.12. The predicted molar refractivity (Wildman–Crippen MR) is 76.8 cm³/mol. The highest BCUT2D eigenvalue weighted by molar-refractivity contribution is 7.03. The summed E-state index contributed by atoms with van der Waals surface area (Å²) < 4.78 is 3.75. The number of aromatic nitrogens is 2. The molecule has 0 radical (unpaired) electrons. The van der Waals surface area contributed by atoms with E-state index in [0.29, 0.717) is 11.7 Å². The smallest absolute Gasteiger partial charge is 0.275 e. The Kier molecular flexibility index (Phi) is 5.13. The van der Waals surface area contributed by atoms with Gasteiger partial charge in [0.05, 0.1) is 0 Å². The average Bonchev–Trinajstić information content (AvgIpc) is 3.11. The summed E-state index contributed by atoms with van der Waals surface area (Å²) >= 11 is 1.23. The van der Waals surface area contributed by atoms with Crippen LogP contribution in [0.15, 0.2) is 5.38 Å². The van der Waals surface area contributed by atoms with Gasteiger partial charge in [-0.2, -0.15) is 0 Å². The quantitative estimate of drug-likeness (QED) is 0.901. The van der Waals surface area contributed by atoms with Crippen LogP contribution in [0.5, 0.6) is 0 Å². The largest absolute Gasteiger partial charge is 0.337 e. The van der Waals surface area contributed by atoms with Gasteiger partial charge in [-0.05, 0) is 49.7 Å². The topological polar surface area (TPSA) is 58.1 Å². The van der Waals surface area contributed by atoms with Crippen molar-refractivity contribution >= 4 is 29.8 Å². The maximum Gasteiger partial charge on any atom is 0.275 e. The van der Waals surface area contributed by atoms with Gasteiger partial charge in [0.2, 0.25) is 0 Å². The van der Waals surface area contributed by atoms with Crippen LogP contribution < -0.4 is 5.32 Å². The molecule has 2 aliphatic heterocycles. The van der Waals surface area contributed by atoms with E-state index in [1.807, 2.05) is 4.90 Å². The summed E-state index contributed by atoms with van der Waals surface area (Å²) in [5, 5.41) is 9.16. The summed E-state index contributed by atoms with van der Waals surface area (Å²) in [7, 11) is 0. The fourth-order valence-electron chi connectivity index (χ4n) is 3.04. The van der Waals surface area contributed by atoms with Gasteiger partial charge < -0.3 is 10.2 Å². The molecule has 1 N–H and O–H groups in total. The molecule has 1 aromatic rings. The van der Waals surface area contributed by atoms with E-state index in [0.717, 1.165) is 38.4 Å². The summed E-state index contributed by atoms with van der Waals surface area (Å²) in [5.74, 6) is 0.784. The first kappa shape index (κ1) is 14.7. The van der Waals surface area contributed by atoms with Crippen LogP contribution >= 0.6 is 23.9 Å². The Balaban J connectivity index is 0.00000133. The lowest BCUT2D eigenvalue weighted by molar-refractivity contribution is 0.0668. The van der Waals surface area contributed by atoms with E-state index in [4.69, 9.17) is 0 Å². The molecule has 3 rings (SSSR count). The average molecular weight is 303 g/mol. The van der Waals surface area contributed by atoms with Gasteiger partial charge in [0.1, 0.15) is 0 Å². The Bertz CT molecular complexity index is 400. The highest BCUT2D eigenvalue weighted by Gasteiger charge is 2.30. The number of carbonyl (C=O) groups excluding carboxylic acids is 1. The highest BCUT2D eigenvalue weighted by atomic mass is 35.5. The monoisotopic (exact) mass is 302 g/mol. The standard InChI is InChI=1S/C12H18N4OS.ClH/c17-12(11-8-18-15-14-11)16-6-3-9(4-7-16)10-2-1-5-13-10;/h8-10,13H,1-7H2;1H. The molecule has 0 aliphatic carbocycles. The van der Waals surface area contributed by atoms with E-state index < -0.39 is 0 Å². The van der Waals surface area contributed by atoms with Crippen LogP contribution in [-0.2, 0) is 0 Å². The van der Waals surface area contributed by atoms with Crippen LogP contribution in [0.3, 0.4) is 0 Å². The number of hydrogen-bond donors (Lipinski definition) is 1. The van der Waals surface area contributed by atoms with E-state index in [9.17, 15) is 4.79 Å². The molecule has 2 aliphatic rings. The number of piperidine rings is 1. The number of nitrogens with one attached hydrogen (secondary N) is 1. The SMILES string of the molecule is Cl.O=C(c1csnn1)N1CCC(C2CCCN2)CC1. The fraction of sp³-hybridized carbons (Fsp3) is 0.750. The minimum Gasteiger partial charge on any atom is -0.337 e. The Morgan fingerprint density at radius 2 is 2.16 bits per heavy atom. The van der Waals surface area contributed by atoms with E-state index in [-0.39, 0.29) is 18.3 Å². The number of carbonyl (C=O) groups is 1. The normalized spacial score (nSPS) is 24.2. The lowest BCUT2D eigenvalue weighted by atomic mass is 9.88. The Hall–Kier alpha value is -0.720. The van der Waals surface area contributed by atoms with E-state index in [1.54, 1.807) is 5.38 Å². The van der Waals surface area contributed by atoms with Crippen molar-refractivity contribution in [1.82, 2.24) is 19.8 Å². The number of halogens is 1. The molecular formula is C12H19ClN4OS.